The first kappa shape index (κ1) is 16.7. The number of hydrogen-bond acceptors (Lipinski definition) is 2. The fourth-order valence-electron chi connectivity index (χ4n) is 1.80. The van der Waals surface area contributed by atoms with Crippen LogP contribution in [0.1, 0.15) is 43.1 Å². The van der Waals surface area contributed by atoms with Crippen LogP contribution < -0.4 is 5.32 Å². The Kier molecular flexibility index (Phi) is 5.34. The average molecular weight is 342 g/mol. The first-order valence-corrected chi connectivity index (χ1v) is 7.19. The van der Waals surface area contributed by atoms with Crippen molar-refractivity contribution < 1.29 is 14.7 Å². The van der Waals surface area contributed by atoms with E-state index < -0.39 is 12.0 Å². The average Bonchev–Trinajstić information content (AvgIpc) is 2.29. The van der Waals surface area contributed by atoms with Crippen molar-refractivity contribution in [3.8, 4) is 0 Å². The van der Waals surface area contributed by atoms with Gasteiger partial charge in [0.25, 0.3) is 5.91 Å². The molecular formula is C15H20BrNO3. The third kappa shape index (κ3) is 4.63. The molecule has 0 saturated heterocycles. The molecule has 2 N–H and O–H groups in total. The summed E-state index contributed by atoms with van der Waals surface area (Å²) in [6.07, 6.45) is -0.0985. The maximum Gasteiger partial charge on any atom is 0.305 e. The smallest absolute Gasteiger partial charge is 0.305 e. The molecule has 5 heteroatoms. The third-order valence-electron chi connectivity index (χ3n) is 3.10. The molecule has 1 unspecified atom stereocenters. The van der Waals surface area contributed by atoms with Crippen LogP contribution in [-0.2, 0) is 4.79 Å². The second-order valence-electron chi connectivity index (χ2n) is 5.97. The monoisotopic (exact) mass is 341 g/mol. The topological polar surface area (TPSA) is 66.4 Å². The first-order chi connectivity index (χ1) is 9.11. The van der Waals surface area contributed by atoms with Crippen LogP contribution in [0, 0.1) is 12.3 Å². The number of amides is 1. The number of carbonyl (C=O) groups is 2. The largest absolute Gasteiger partial charge is 0.481 e. The molecule has 0 heterocycles. The van der Waals surface area contributed by atoms with Crippen LogP contribution in [0.4, 0.5) is 0 Å². The second kappa shape index (κ2) is 6.39. The Hall–Kier alpha value is -1.36. The summed E-state index contributed by atoms with van der Waals surface area (Å²) in [6.45, 7) is 7.63. The molecule has 1 amide bonds. The van der Waals surface area contributed by atoms with E-state index in [0.717, 1.165) is 5.56 Å². The van der Waals surface area contributed by atoms with Crippen molar-refractivity contribution >= 4 is 27.8 Å². The van der Waals surface area contributed by atoms with Gasteiger partial charge in [-0.2, -0.15) is 0 Å². The van der Waals surface area contributed by atoms with Crippen molar-refractivity contribution in [1.82, 2.24) is 5.32 Å². The minimum atomic E-state index is -0.923. The Bertz CT molecular complexity index is 520. The molecule has 1 aromatic rings. The molecule has 20 heavy (non-hydrogen) atoms. The molecule has 1 aromatic carbocycles. The molecule has 1 atom stereocenters. The Morgan fingerprint density at radius 3 is 2.45 bits per heavy atom. The van der Waals surface area contributed by atoms with Gasteiger partial charge in [0.05, 0.1) is 12.0 Å². The zero-order chi connectivity index (χ0) is 15.5. The van der Waals surface area contributed by atoms with Crippen molar-refractivity contribution in [2.45, 2.75) is 40.2 Å². The molecule has 0 aliphatic rings. The number of rotatable bonds is 4. The molecule has 0 radical (unpaired) electrons. The minimum Gasteiger partial charge on any atom is -0.481 e. The number of aryl methyl sites for hydroxylation is 1. The number of carbonyl (C=O) groups excluding carboxylic acids is 1. The number of carboxylic acids is 1. The molecule has 0 aliphatic heterocycles. The van der Waals surface area contributed by atoms with Crippen LogP contribution in [0.5, 0.6) is 0 Å². The maximum absolute atomic E-state index is 12.3. The van der Waals surface area contributed by atoms with E-state index in [1.165, 1.54) is 0 Å². The first-order valence-electron chi connectivity index (χ1n) is 6.40. The summed E-state index contributed by atoms with van der Waals surface area (Å²) in [5, 5.41) is 11.8. The van der Waals surface area contributed by atoms with Crippen LogP contribution in [0.15, 0.2) is 22.7 Å². The number of halogens is 1. The van der Waals surface area contributed by atoms with Crippen molar-refractivity contribution in [3.05, 3.63) is 33.8 Å². The summed E-state index contributed by atoms with van der Waals surface area (Å²) in [5.41, 5.74) is 1.16. The minimum absolute atomic E-state index is 0.0985. The normalized spacial score (nSPS) is 12.8. The van der Waals surface area contributed by atoms with E-state index in [0.29, 0.717) is 10.0 Å². The highest BCUT2D eigenvalue weighted by atomic mass is 79.9. The van der Waals surface area contributed by atoms with Gasteiger partial charge in [0.1, 0.15) is 0 Å². The lowest BCUT2D eigenvalue weighted by Gasteiger charge is -2.30. The highest BCUT2D eigenvalue weighted by Crippen LogP contribution is 2.24. The Morgan fingerprint density at radius 1 is 1.35 bits per heavy atom. The van der Waals surface area contributed by atoms with Crippen LogP contribution in [-0.4, -0.2) is 23.0 Å². The van der Waals surface area contributed by atoms with Gasteiger partial charge >= 0.3 is 5.97 Å². The van der Waals surface area contributed by atoms with Gasteiger partial charge in [-0.1, -0.05) is 32.4 Å². The molecule has 0 bridgehead atoms. The predicted octanol–water partition coefficient (Wildman–Crippen LogP) is 3.38. The Balaban J connectivity index is 2.96. The molecule has 0 saturated carbocycles. The van der Waals surface area contributed by atoms with E-state index in [-0.39, 0.29) is 17.7 Å². The number of benzene rings is 1. The van der Waals surface area contributed by atoms with E-state index in [9.17, 15) is 9.59 Å². The molecular weight excluding hydrogens is 322 g/mol. The van der Waals surface area contributed by atoms with Gasteiger partial charge in [-0.3, -0.25) is 9.59 Å². The fraction of sp³-hybridized carbons (Fsp3) is 0.467. The van der Waals surface area contributed by atoms with E-state index >= 15 is 0 Å². The Labute approximate surface area is 127 Å². The molecule has 0 aliphatic carbocycles. The molecule has 1 rings (SSSR count). The highest BCUT2D eigenvalue weighted by molar-refractivity contribution is 9.10. The van der Waals surface area contributed by atoms with Gasteiger partial charge in [0.15, 0.2) is 0 Å². The number of hydrogen-bond donors (Lipinski definition) is 2. The van der Waals surface area contributed by atoms with Gasteiger partial charge in [-0.15, -0.1) is 0 Å². The highest BCUT2D eigenvalue weighted by Gasteiger charge is 2.29. The van der Waals surface area contributed by atoms with Crippen LogP contribution >= 0.6 is 15.9 Å². The number of nitrogens with one attached hydrogen (secondary N) is 1. The van der Waals surface area contributed by atoms with Crippen LogP contribution in [0.3, 0.4) is 0 Å². The standard InChI is InChI=1S/C15H20BrNO3/c1-9-5-6-11(16)10(7-9)14(20)17-12(8-13(18)19)15(2,3)4/h5-7,12H,8H2,1-4H3,(H,17,20)(H,18,19). The number of aliphatic carboxylic acids is 1. The van der Waals surface area contributed by atoms with E-state index in [2.05, 4.69) is 21.2 Å². The molecule has 0 aromatic heterocycles. The lowest BCUT2D eigenvalue weighted by Crippen LogP contribution is -2.45. The Morgan fingerprint density at radius 2 is 1.95 bits per heavy atom. The zero-order valence-corrected chi connectivity index (χ0v) is 13.7. The van der Waals surface area contributed by atoms with Gasteiger partial charge in [-0.25, -0.2) is 0 Å². The van der Waals surface area contributed by atoms with Crippen molar-refractivity contribution in [1.29, 1.82) is 0 Å². The van der Waals surface area contributed by atoms with Gasteiger partial charge in [0, 0.05) is 10.5 Å². The van der Waals surface area contributed by atoms with Gasteiger partial charge in [-0.05, 0) is 40.4 Å². The van der Waals surface area contributed by atoms with Crippen molar-refractivity contribution in [3.63, 3.8) is 0 Å². The lowest BCUT2D eigenvalue weighted by molar-refractivity contribution is -0.138. The van der Waals surface area contributed by atoms with E-state index in [4.69, 9.17) is 5.11 Å². The van der Waals surface area contributed by atoms with Crippen molar-refractivity contribution in [2.24, 2.45) is 5.41 Å². The predicted molar refractivity (Wildman–Crippen MR) is 81.8 cm³/mol. The summed E-state index contributed by atoms with van der Waals surface area (Å²) in [4.78, 5) is 23.3. The quantitative estimate of drug-likeness (QED) is 0.882. The molecule has 0 fully saturated rings. The lowest BCUT2D eigenvalue weighted by atomic mass is 9.84. The fourth-order valence-corrected chi connectivity index (χ4v) is 2.22. The maximum atomic E-state index is 12.3. The van der Waals surface area contributed by atoms with Crippen LogP contribution in [0.2, 0.25) is 0 Å². The van der Waals surface area contributed by atoms with Gasteiger partial charge in [0.2, 0.25) is 0 Å². The van der Waals surface area contributed by atoms with Crippen LogP contribution in [0.25, 0.3) is 0 Å². The van der Waals surface area contributed by atoms with E-state index in [1.54, 1.807) is 6.07 Å². The third-order valence-corrected chi connectivity index (χ3v) is 3.79. The summed E-state index contributed by atoms with van der Waals surface area (Å²) >= 11 is 3.35. The summed E-state index contributed by atoms with van der Waals surface area (Å²) in [5.74, 6) is -1.18. The summed E-state index contributed by atoms with van der Waals surface area (Å²) in [7, 11) is 0. The second-order valence-corrected chi connectivity index (χ2v) is 6.83. The SMILES string of the molecule is Cc1ccc(Br)c(C(=O)NC(CC(=O)O)C(C)(C)C)c1. The number of carboxylic acid groups (broad SMARTS) is 1. The van der Waals surface area contributed by atoms with Gasteiger partial charge < -0.3 is 10.4 Å². The molecule has 4 nitrogen and oxygen atoms in total. The van der Waals surface area contributed by atoms with E-state index in [1.807, 2.05) is 39.8 Å². The summed E-state index contributed by atoms with van der Waals surface area (Å²) < 4.78 is 0.698. The zero-order valence-electron chi connectivity index (χ0n) is 12.2. The summed E-state index contributed by atoms with van der Waals surface area (Å²) in [6, 6.07) is 5.06. The molecule has 110 valence electrons. The molecule has 0 spiro atoms. The van der Waals surface area contributed by atoms with Crippen molar-refractivity contribution in [2.75, 3.05) is 0 Å².